The number of anilines is 1. The molecule has 1 aliphatic rings. The summed E-state index contributed by atoms with van der Waals surface area (Å²) in [4.78, 5) is 16.0. The summed E-state index contributed by atoms with van der Waals surface area (Å²) in [6.45, 7) is 3.57. The molecule has 0 saturated heterocycles. The average molecular weight is 224 g/mol. The Kier molecular flexibility index (Phi) is 2.67. The van der Waals surface area contributed by atoms with Crippen LogP contribution in [0.4, 0.5) is 6.01 Å². The van der Waals surface area contributed by atoms with Crippen molar-refractivity contribution in [3.63, 3.8) is 0 Å². The van der Waals surface area contributed by atoms with Crippen LogP contribution in [0.3, 0.4) is 0 Å². The van der Waals surface area contributed by atoms with Gasteiger partial charge in [0.25, 0.3) is 0 Å². The van der Waals surface area contributed by atoms with E-state index in [1.165, 1.54) is 0 Å². The minimum Gasteiger partial charge on any atom is -0.327 e. The molecule has 1 aromatic rings. The third kappa shape index (κ3) is 1.80. The first-order chi connectivity index (χ1) is 7.52. The van der Waals surface area contributed by atoms with Gasteiger partial charge in [-0.3, -0.25) is 10.1 Å². The smallest absolute Gasteiger partial charge is 0.327 e. The lowest BCUT2D eigenvalue weighted by Gasteiger charge is -2.26. The van der Waals surface area contributed by atoms with Crippen molar-refractivity contribution in [3.05, 3.63) is 5.82 Å². The number of aromatic nitrogens is 2. The van der Waals surface area contributed by atoms with Crippen LogP contribution in [0.15, 0.2) is 4.52 Å². The zero-order chi connectivity index (χ0) is 11.8. The molecule has 1 aliphatic carbocycles. The third-order valence-corrected chi connectivity index (χ3v) is 3.30. The summed E-state index contributed by atoms with van der Waals surface area (Å²) in [7, 11) is 0. The van der Waals surface area contributed by atoms with E-state index in [4.69, 9.17) is 10.3 Å². The molecule has 2 unspecified atom stereocenters. The lowest BCUT2D eigenvalue weighted by atomic mass is 9.84. The lowest BCUT2D eigenvalue weighted by Crippen LogP contribution is -2.44. The van der Waals surface area contributed by atoms with Crippen molar-refractivity contribution < 1.29 is 9.32 Å². The number of nitrogens with one attached hydrogen (secondary N) is 1. The highest BCUT2D eigenvalue weighted by Gasteiger charge is 2.43. The van der Waals surface area contributed by atoms with Gasteiger partial charge < -0.3 is 10.3 Å². The topological polar surface area (TPSA) is 94.0 Å². The molecule has 6 heteroatoms. The molecule has 0 spiro atoms. The van der Waals surface area contributed by atoms with Gasteiger partial charge in [0.15, 0.2) is 5.82 Å². The molecule has 2 atom stereocenters. The molecule has 1 heterocycles. The van der Waals surface area contributed by atoms with Crippen LogP contribution in [0, 0.1) is 12.3 Å². The van der Waals surface area contributed by atoms with E-state index in [1.807, 2.05) is 6.92 Å². The van der Waals surface area contributed by atoms with Crippen LogP contribution < -0.4 is 11.1 Å². The molecule has 0 bridgehead atoms. The molecule has 1 fully saturated rings. The highest BCUT2D eigenvalue weighted by molar-refractivity contribution is 5.94. The molecule has 1 saturated carbocycles. The van der Waals surface area contributed by atoms with Gasteiger partial charge in [-0.2, -0.15) is 4.98 Å². The largest absolute Gasteiger partial charge is 0.328 e. The van der Waals surface area contributed by atoms with Gasteiger partial charge in [-0.25, -0.2) is 0 Å². The number of amides is 1. The Morgan fingerprint density at radius 2 is 2.44 bits per heavy atom. The Hall–Kier alpha value is -1.43. The second kappa shape index (κ2) is 3.86. The number of nitrogens with two attached hydrogens (primary N) is 1. The van der Waals surface area contributed by atoms with Crippen molar-refractivity contribution in [2.75, 3.05) is 5.32 Å². The Morgan fingerprint density at radius 3 is 2.94 bits per heavy atom. The van der Waals surface area contributed by atoms with Crippen molar-refractivity contribution in [3.8, 4) is 0 Å². The summed E-state index contributed by atoms with van der Waals surface area (Å²) in [6, 6.07) is 0.0411. The molecular weight excluding hydrogens is 208 g/mol. The van der Waals surface area contributed by atoms with E-state index < -0.39 is 5.41 Å². The Balaban J connectivity index is 2.08. The monoisotopic (exact) mass is 224 g/mol. The van der Waals surface area contributed by atoms with Gasteiger partial charge >= 0.3 is 6.01 Å². The van der Waals surface area contributed by atoms with E-state index in [2.05, 4.69) is 15.5 Å². The first-order valence-corrected chi connectivity index (χ1v) is 5.40. The van der Waals surface area contributed by atoms with Gasteiger partial charge in [-0.15, -0.1) is 0 Å². The van der Waals surface area contributed by atoms with Gasteiger partial charge in [-0.05, 0) is 26.7 Å². The second-order valence-corrected chi connectivity index (χ2v) is 4.52. The molecule has 0 aliphatic heterocycles. The SMILES string of the molecule is Cc1noc(NC(=O)C2(C)CCCC2N)n1. The summed E-state index contributed by atoms with van der Waals surface area (Å²) in [5, 5.41) is 6.22. The van der Waals surface area contributed by atoms with Crippen LogP contribution in [-0.4, -0.2) is 22.1 Å². The molecule has 1 amide bonds. The normalized spacial score (nSPS) is 29.3. The zero-order valence-corrected chi connectivity index (χ0v) is 9.49. The fraction of sp³-hybridized carbons (Fsp3) is 0.700. The van der Waals surface area contributed by atoms with Crippen molar-refractivity contribution >= 4 is 11.9 Å². The maximum Gasteiger partial charge on any atom is 0.328 e. The molecule has 3 N–H and O–H groups in total. The van der Waals surface area contributed by atoms with E-state index in [-0.39, 0.29) is 18.0 Å². The van der Waals surface area contributed by atoms with E-state index in [0.29, 0.717) is 5.82 Å². The number of hydrogen-bond donors (Lipinski definition) is 2. The molecule has 1 aromatic heterocycles. The van der Waals surface area contributed by atoms with Crippen LogP contribution >= 0.6 is 0 Å². The number of hydrogen-bond acceptors (Lipinski definition) is 5. The third-order valence-electron chi connectivity index (χ3n) is 3.30. The predicted molar refractivity (Wildman–Crippen MR) is 57.6 cm³/mol. The van der Waals surface area contributed by atoms with Crippen molar-refractivity contribution in [2.24, 2.45) is 11.1 Å². The van der Waals surface area contributed by atoms with Crippen molar-refractivity contribution in [1.29, 1.82) is 0 Å². The predicted octanol–water partition coefficient (Wildman–Crippen LogP) is 0.834. The lowest BCUT2D eigenvalue weighted by molar-refractivity contribution is -0.125. The molecular formula is C10H16N4O2. The van der Waals surface area contributed by atoms with E-state index in [0.717, 1.165) is 19.3 Å². The molecule has 6 nitrogen and oxygen atoms in total. The summed E-state index contributed by atoms with van der Waals surface area (Å²) in [5.41, 5.74) is 5.42. The number of aryl methyl sites for hydroxylation is 1. The fourth-order valence-electron chi connectivity index (χ4n) is 2.06. The molecule has 0 radical (unpaired) electrons. The number of nitrogens with zero attached hydrogens (tertiary/aromatic N) is 2. The minimum absolute atomic E-state index is 0.100. The van der Waals surface area contributed by atoms with Gasteiger partial charge in [0.2, 0.25) is 5.91 Å². The van der Waals surface area contributed by atoms with Crippen LogP contribution in [0.5, 0.6) is 0 Å². The van der Waals surface area contributed by atoms with E-state index in [9.17, 15) is 4.79 Å². The maximum atomic E-state index is 12.0. The van der Waals surface area contributed by atoms with E-state index in [1.54, 1.807) is 6.92 Å². The van der Waals surface area contributed by atoms with Gasteiger partial charge in [-0.1, -0.05) is 11.6 Å². The summed E-state index contributed by atoms with van der Waals surface area (Å²) >= 11 is 0. The zero-order valence-electron chi connectivity index (χ0n) is 9.49. The highest BCUT2D eigenvalue weighted by atomic mass is 16.5. The van der Waals surface area contributed by atoms with Crippen LogP contribution in [-0.2, 0) is 4.79 Å². The first kappa shape index (κ1) is 11.1. The fourth-order valence-corrected chi connectivity index (χ4v) is 2.06. The van der Waals surface area contributed by atoms with Crippen LogP contribution in [0.2, 0.25) is 0 Å². The highest BCUT2D eigenvalue weighted by Crippen LogP contribution is 2.37. The number of rotatable bonds is 2. The maximum absolute atomic E-state index is 12.0. The molecule has 16 heavy (non-hydrogen) atoms. The first-order valence-electron chi connectivity index (χ1n) is 5.40. The standard InChI is InChI=1S/C10H16N4O2/c1-6-12-9(16-14-6)13-8(15)10(2)5-3-4-7(10)11/h7H,3-5,11H2,1-2H3,(H,12,13,14,15). The molecule has 88 valence electrons. The average Bonchev–Trinajstić information content (AvgIpc) is 2.76. The van der Waals surface area contributed by atoms with Crippen LogP contribution in [0.1, 0.15) is 32.0 Å². The summed E-state index contributed by atoms with van der Waals surface area (Å²) in [6.07, 6.45) is 2.66. The minimum atomic E-state index is -0.525. The number of carbonyl (C=O) groups excluding carboxylic acids is 1. The van der Waals surface area contributed by atoms with Crippen LogP contribution in [0.25, 0.3) is 0 Å². The molecule has 0 aromatic carbocycles. The van der Waals surface area contributed by atoms with Crippen molar-refractivity contribution in [1.82, 2.24) is 10.1 Å². The summed E-state index contributed by atoms with van der Waals surface area (Å²) in [5.74, 6) is 0.359. The summed E-state index contributed by atoms with van der Waals surface area (Å²) < 4.78 is 4.84. The molecule has 2 rings (SSSR count). The van der Waals surface area contributed by atoms with Gasteiger partial charge in [0, 0.05) is 6.04 Å². The van der Waals surface area contributed by atoms with Gasteiger partial charge in [0.1, 0.15) is 0 Å². The van der Waals surface area contributed by atoms with Crippen molar-refractivity contribution in [2.45, 2.75) is 39.2 Å². The quantitative estimate of drug-likeness (QED) is 0.776. The van der Waals surface area contributed by atoms with E-state index >= 15 is 0 Å². The second-order valence-electron chi connectivity index (χ2n) is 4.52. The Labute approximate surface area is 93.6 Å². The number of carbonyl (C=O) groups is 1. The van der Waals surface area contributed by atoms with Gasteiger partial charge in [0.05, 0.1) is 5.41 Å². The Morgan fingerprint density at radius 1 is 1.69 bits per heavy atom. The Bertz CT molecular complexity index is 403.